The van der Waals surface area contributed by atoms with Crippen molar-refractivity contribution in [2.45, 2.75) is 31.0 Å². The van der Waals surface area contributed by atoms with Crippen molar-refractivity contribution in [2.24, 2.45) is 0 Å². The second-order valence-corrected chi connectivity index (χ2v) is 2.75. The van der Waals surface area contributed by atoms with Crippen LogP contribution in [0, 0.1) is 0 Å². The van der Waals surface area contributed by atoms with Crippen LogP contribution in [0.4, 0.5) is 26.3 Å². The van der Waals surface area contributed by atoms with Crippen LogP contribution >= 0.6 is 0 Å². The van der Waals surface area contributed by atoms with Crippen LogP contribution in [0.15, 0.2) is 0 Å². The molecule has 14 heavy (non-hydrogen) atoms. The largest absolute Gasteiger partial charge is 0.414 e. The van der Waals surface area contributed by atoms with E-state index in [1.807, 2.05) is 0 Å². The van der Waals surface area contributed by atoms with Crippen molar-refractivity contribution in [3.8, 4) is 0 Å². The van der Waals surface area contributed by atoms with Gasteiger partial charge < -0.3 is 9.47 Å². The normalized spacial score (nSPS) is 30.4. The smallest absolute Gasteiger partial charge is 0.343 e. The van der Waals surface area contributed by atoms with Gasteiger partial charge in [0, 0.05) is 6.42 Å². The molecule has 0 saturated carbocycles. The average Bonchev–Trinajstić information content (AvgIpc) is 2.01. The molecule has 1 rings (SSSR count). The fourth-order valence-corrected chi connectivity index (χ4v) is 0.990. The van der Waals surface area contributed by atoms with Crippen molar-refractivity contribution in [1.82, 2.24) is 0 Å². The molecule has 84 valence electrons. The molecule has 1 aliphatic rings. The first-order valence-electron chi connectivity index (χ1n) is 3.58. The van der Waals surface area contributed by atoms with E-state index in [9.17, 15) is 26.3 Å². The molecular formula is C6H6F6O2. The first-order valence-corrected chi connectivity index (χ1v) is 3.58. The van der Waals surface area contributed by atoms with Gasteiger partial charge in [-0.15, -0.1) is 0 Å². The van der Waals surface area contributed by atoms with Crippen molar-refractivity contribution in [3.05, 3.63) is 0 Å². The van der Waals surface area contributed by atoms with Gasteiger partial charge in [-0.1, -0.05) is 0 Å². The molecule has 1 fully saturated rings. The summed E-state index contributed by atoms with van der Waals surface area (Å²) in [5.74, 6) is 0. The first kappa shape index (κ1) is 11.6. The van der Waals surface area contributed by atoms with Crippen LogP contribution in [-0.2, 0) is 9.47 Å². The van der Waals surface area contributed by atoms with Gasteiger partial charge >= 0.3 is 12.4 Å². The highest BCUT2D eigenvalue weighted by Crippen LogP contribution is 2.35. The molecule has 8 heteroatoms. The standard InChI is InChI=1S/C6H6F6O2/c7-5(8,9)3-1-4(6(10,11)12)14-2-13-3/h3-4H,1-2H2. The van der Waals surface area contributed by atoms with E-state index in [2.05, 4.69) is 9.47 Å². The zero-order chi connectivity index (χ0) is 11.0. The molecule has 2 atom stereocenters. The van der Waals surface area contributed by atoms with Gasteiger partial charge in [-0.2, -0.15) is 26.3 Å². The molecule has 0 aliphatic carbocycles. The van der Waals surface area contributed by atoms with Gasteiger partial charge in [-0.25, -0.2) is 0 Å². The SMILES string of the molecule is FC(F)(F)C1CC(C(F)(F)F)OCO1. The van der Waals surface area contributed by atoms with Crippen molar-refractivity contribution < 1.29 is 35.8 Å². The highest BCUT2D eigenvalue weighted by molar-refractivity contribution is 4.79. The summed E-state index contributed by atoms with van der Waals surface area (Å²) in [6.45, 7) is -0.992. The molecule has 0 bridgehead atoms. The highest BCUT2D eigenvalue weighted by atomic mass is 19.4. The van der Waals surface area contributed by atoms with E-state index >= 15 is 0 Å². The lowest BCUT2D eigenvalue weighted by atomic mass is 10.1. The summed E-state index contributed by atoms with van der Waals surface area (Å²) in [6, 6.07) is 0. The van der Waals surface area contributed by atoms with Gasteiger partial charge in [0.2, 0.25) is 0 Å². The average molecular weight is 224 g/mol. The van der Waals surface area contributed by atoms with Crippen LogP contribution in [0.3, 0.4) is 0 Å². The fraction of sp³-hybridized carbons (Fsp3) is 1.00. The van der Waals surface area contributed by atoms with E-state index in [0.717, 1.165) is 0 Å². The summed E-state index contributed by atoms with van der Waals surface area (Å²) in [4.78, 5) is 0. The minimum Gasteiger partial charge on any atom is -0.343 e. The maximum atomic E-state index is 12.0. The molecule has 0 N–H and O–H groups in total. The number of hydrogen-bond donors (Lipinski definition) is 0. The van der Waals surface area contributed by atoms with Gasteiger partial charge in [0.1, 0.15) is 6.79 Å². The maximum Gasteiger partial charge on any atom is 0.414 e. The van der Waals surface area contributed by atoms with Crippen LogP contribution in [0.2, 0.25) is 0 Å². The van der Waals surface area contributed by atoms with Crippen LogP contribution in [-0.4, -0.2) is 31.4 Å². The van der Waals surface area contributed by atoms with Gasteiger partial charge in [-0.3, -0.25) is 0 Å². The van der Waals surface area contributed by atoms with Crippen molar-refractivity contribution in [2.75, 3.05) is 6.79 Å². The fourth-order valence-electron chi connectivity index (χ4n) is 0.990. The molecule has 0 aromatic rings. The zero-order valence-corrected chi connectivity index (χ0v) is 6.65. The number of hydrogen-bond acceptors (Lipinski definition) is 2. The summed E-state index contributed by atoms with van der Waals surface area (Å²) in [7, 11) is 0. The predicted molar refractivity (Wildman–Crippen MR) is 31.3 cm³/mol. The molecule has 0 aromatic carbocycles. The minimum atomic E-state index is -4.78. The molecule has 0 amide bonds. The lowest BCUT2D eigenvalue weighted by Gasteiger charge is -2.31. The molecular weight excluding hydrogens is 218 g/mol. The van der Waals surface area contributed by atoms with Crippen molar-refractivity contribution in [3.63, 3.8) is 0 Å². The molecule has 1 heterocycles. The highest BCUT2D eigenvalue weighted by Gasteiger charge is 2.51. The van der Waals surface area contributed by atoms with Crippen molar-refractivity contribution >= 4 is 0 Å². The van der Waals surface area contributed by atoms with Crippen molar-refractivity contribution in [1.29, 1.82) is 0 Å². The van der Waals surface area contributed by atoms with Gasteiger partial charge in [-0.05, 0) is 0 Å². The molecule has 1 aliphatic heterocycles. The Morgan fingerprint density at radius 1 is 0.786 bits per heavy atom. The molecule has 0 aromatic heterocycles. The minimum absolute atomic E-state index is 0.992. The quantitative estimate of drug-likeness (QED) is 0.587. The monoisotopic (exact) mass is 224 g/mol. The van der Waals surface area contributed by atoms with Crippen LogP contribution < -0.4 is 0 Å². The van der Waals surface area contributed by atoms with E-state index < -0.39 is 37.8 Å². The van der Waals surface area contributed by atoms with E-state index in [4.69, 9.17) is 0 Å². The third-order valence-corrected chi connectivity index (χ3v) is 1.70. The lowest BCUT2D eigenvalue weighted by molar-refractivity contribution is -0.325. The zero-order valence-electron chi connectivity index (χ0n) is 6.65. The number of rotatable bonds is 0. The molecule has 2 nitrogen and oxygen atoms in total. The third-order valence-electron chi connectivity index (χ3n) is 1.70. The molecule has 1 saturated heterocycles. The van der Waals surface area contributed by atoms with E-state index in [0.29, 0.717) is 0 Å². The summed E-state index contributed by atoms with van der Waals surface area (Å²) < 4.78 is 79.8. The Kier molecular flexibility index (Phi) is 2.96. The van der Waals surface area contributed by atoms with E-state index in [1.54, 1.807) is 0 Å². The van der Waals surface area contributed by atoms with Gasteiger partial charge in [0.15, 0.2) is 12.2 Å². The first-order chi connectivity index (χ1) is 6.21. The Labute approximate surface area is 74.8 Å². The maximum absolute atomic E-state index is 12.0. The van der Waals surface area contributed by atoms with E-state index in [-0.39, 0.29) is 0 Å². The van der Waals surface area contributed by atoms with Crippen LogP contribution in [0.5, 0.6) is 0 Å². The summed E-state index contributed by atoms with van der Waals surface area (Å²) >= 11 is 0. The second-order valence-electron chi connectivity index (χ2n) is 2.75. The Morgan fingerprint density at radius 2 is 1.14 bits per heavy atom. The lowest BCUT2D eigenvalue weighted by Crippen LogP contribution is -2.46. The summed E-state index contributed by atoms with van der Waals surface area (Å²) in [5, 5.41) is 0. The summed E-state index contributed by atoms with van der Waals surface area (Å²) in [5.41, 5.74) is 0. The summed E-state index contributed by atoms with van der Waals surface area (Å²) in [6.07, 6.45) is -15.6. The van der Waals surface area contributed by atoms with E-state index in [1.165, 1.54) is 0 Å². The second kappa shape index (κ2) is 3.58. The Morgan fingerprint density at radius 3 is 1.43 bits per heavy atom. The number of alkyl halides is 6. The molecule has 2 unspecified atom stereocenters. The molecule has 0 radical (unpaired) electrons. The third kappa shape index (κ3) is 2.74. The number of halogens is 6. The van der Waals surface area contributed by atoms with Crippen LogP contribution in [0.25, 0.3) is 0 Å². The Hall–Kier alpha value is -0.500. The van der Waals surface area contributed by atoms with Gasteiger partial charge in [0.25, 0.3) is 0 Å². The predicted octanol–water partition coefficient (Wildman–Crippen LogP) is 2.24. The van der Waals surface area contributed by atoms with Crippen LogP contribution in [0.1, 0.15) is 6.42 Å². The number of ether oxygens (including phenoxy) is 2. The molecule has 0 spiro atoms. The Balaban J connectivity index is 2.61. The topological polar surface area (TPSA) is 18.5 Å². The Bertz CT molecular complexity index is 177. The van der Waals surface area contributed by atoms with Gasteiger partial charge in [0.05, 0.1) is 0 Å².